The molecule has 2 aromatic rings. The molecular formula is C11H11N3S2. The molecule has 82 valence electrons. The number of benzene rings is 1. The Kier molecular flexibility index (Phi) is 2.37. The molecular weight excluding hydrogens is 238 g/mol. The predicted molar refractivity (Wildman–Crippen MR) is 67.1 cm³/mol. The summed E-state index contributed by atoms with van der Waals surface area (Å²) in [4.78, 5) is 1.36. The molecule has 0 spiro atoms. The Morgan fingerprint density at radius 3 is 3.00 bits per heavy atom. The minimum absolute atomic E-state index is 0.385. The van der Waals surface area contributed by atoms with Gasteiger partial charge in [-0.15, -0.1) is 11.8 Å². The largest absolute Gasteiger partial charge is 0.306 e. The summed E-state index contributed by atoms with van der Waals surface area (Å²) < 4.78 is 2.64. The van der Waals surface area contributed by atoms with Gasteiger partial charge in [-0.25, -0.2) is 0 Å². The molecule has 1 N–H and O–H groups in total. The van der Waals surface area contributed by atoms with Gasteiger partial charge in [0.05, 0.1) is 5.25 Å². The van der Waals surface area contributed by atoms with E-state index in [1.54, 1.807) is 0 Å². The van der Waals surface area contributed by atoms with E-state index in [4.69, 9.17) is 12.2 Å². The van der Waals surface area contributed by atoms with Crippen molar-refractivity contribution in [1.82, 2.24) is 14.8 Å². The molecule has 16 heavy (non-hydrogen) atoms. The molecule has 0 saturated carbocycles. The normalized spacial score (nSPS) is 18.7. The van der Waals surface area contributed by atoms with Crippen molar-refractivity contribution < 1.29 is 0 Å². The maximum Gasteiger partial charge on any atom is 0.194 e. The molecule has 1 aromatic heterocycles. The zero-order chi connectivity index (χ0) is 11.1. The molecule has 1 unspecified atom stereocenters. The Balaban J connectivity index is 1.97. The monoisotopic (exact) mass is 249 g/mol. The number of nitrogens with one attached hydrogen (secondary N) is 1. The molecule has 0 fully saturated rings. The summed E-state index contributed by atoms with van der Waals surface area (Å²) in [6, 6.07) is 8.52. The van der Waals surface area contributed by atoms with E-state index in [0.717, 1.165) is 12.2 Å². The van der Waals surface area contributed by atoms with Gasteiger partial charge in [0.1, 0.15) is 5.82 Å². The van der Waals surface area contributed by atoms with Crippen LogP contribution in [0.4, 0.5) is 0 Å². The first kappa shape index (κ1) is 10.1. The minimum Gasteiger partial charge on any atom is -0.306 e. The van der Waals surface area contributed by atoms with Crippen LogP contribution in [0.2, 0.25) is 0 Å². The van der Waals surface area contributed by atoms with E-state index in [9.17, 15) is 0 Å². The topological polar surface area (TPSA) is 33.6 Å². The summed E-state index contributed by atoms with van der Waals surface area (Å²) in [6.45, 7) is 0. The summed E-state index contributed by atoms with van der Waals surface area (Å²) in [6.07, 6.45) is 1.04. The molecule has 1 aliphatic rings. The van der Waals surface area contributed by atoms with E-state index in [2.05, 4.69) is 34.5 Å². The number of aromatic nitrogens is 3. The van der Waals surface area contributed by atoms with E-state index < -0.39 is 0 Å². The molecule has 2 heterocycles. The van der Waals surface area contributed by atoms with E-state index in [0.29, 0.717) is 10.0 Å². The first-order chi connectivity index (χ1) is 7.75. The molecule has 0 bridgehead atoms. The SMILES string of the molecule is Cn1c(C2Cc3ccccc3S2)n[nH]c1=S. The second kappa shape index (κ2) is 3.75. The third-order valence-electron chi connectivity index (χ3n) is 2.85. The zero-order valence-electron chi connectivity index (χ0n) is 8.80. The fourth-order valence-corrected chi connectivity index (χ4v) is 3.46. The Bertz CT molecular complexity index is 560. The maximum atomic E-state index is 5.13. The first-order valence-electron chi connectivity index (χ1n) is 5.11. The predicted octanol–water partition coefficient (Wildman–Crippen LogP) is 2.87. The highest BCUT2D eigenvalue weighted by atomic mass is 32.2. The average molecular weight is 249 g/mol. The second-order valence-electron chi connectivity index (χ2n) is 3.86. The summed E-state index contributed by atoms with van der Waals surface area (Å²) in [5.74, 6) is 1.03. The van der Waals surface area contributed by atoms with Gasteiger partial charge in [0.15, 0.2) is 4.77 Å². The van der Waals surface area contributed by atoms with Crippen LogP contribution in [0.25, 0.3) is 0 Å². The lowest BCUT2D eigenvalue weighted by atomic mass is 10.1. The van der Waals surface area contributed by atoms with Crippen LogP contribution in [-0.4, -0.2) is 14.8 Å². The number of thioether (sulfide) groups is 1. The first-order valence-corrected chi connectivity index (χ1v) is 6.40. The van der Waals surface area contributed by atoms with Gasteiger partial charge in [0, 0.05) is 11.9 Å². The lowest BCUT2D eigenvalue weighted by molar-refractivity contribution is 0.759. The number of rotatable bonds is 1. The lowest BCUT2D eigenvalue weighted by Crippen LogP contribution is -2.02. The molecule has 1 aromatic carbocycles. The zero-order valence-corrected chi connectivity index (χ0v) is 10.4. The van der Waals surface area contributed by atoms with Crippen molar-refractivity contribution in [1.29, 1.82) is 0 Å². The molecule has 0 aliphatic carbocycles. The highest BCUT2D eigenvalue weighted by Crippen LogP contribution is 2.45. The van der Waals surface area contributed by atoms with Gasteiger partial charge in [0.2, 0.25) is 0 Å². The van der Waals surface area contributed by atoms with Crippen molar-refractivity contribution >= 4 is 24.0 Å². The number of nitrogens with zero attached hydrogens (tertiary/aromatic N) is 2. The van der Waals surface area contributed by atoms with Gasteiger partial charge >= 0.3 is 0 Å². The summed E-state index contributed by atoms with van der Waals surface area (Å²) in [5, 5.41) is 7.53. The number of hydrogen-bond donors (Lipinski definition) is 1. The van der Waals surface area contributed by atoms with Crippen molar-refractivity contribution in [2.75, 3.05) is 0 Å². The van der Waals surface area contributed by atoms with Crippen LogP contribution in [0.3, 0.4) is 0 Å². The third-order valence-corrected chi connectivity index (χ3v) is 4.53. The van der Waals surface area contributed by atoms with Crippen molar-refractivity contribution in [3.8, 4) is 0 Å². The van der Waals surface area contributed by atoms with Gasteiger partial charge in [-0.3, -0.25) is 5.10 Å². The Morgan fingerprint density at radius 1 is 1.50 bits per heavy atom. The Labute approximate surface area is 103 Å². The van der Waals surface area contributed by atoms with Crippen LogP contribution in [-0.2, 0) is 13.5 Å². The fraction of sp³-hybridized carbons (Fsp3) is 0.273. The lowest BCUT2D eigenvalue weighted by Gasteiger charge is -2.06. The van der Waals surface area contributed by atoms with E-state index in [1.807, 2.05) is 23.4 Å². The quantitative estimate of drug-likeness (QED) is 0.789. The van der Waals surface area contributed by atoms with E-state index in [-0.39, 0.29) is 0 Å². The van der Waals surface area contributed by atoms with Crippen molar-refractivity contribution in [2.45, 2.75) is 16.6 Å². The fourth-order valence-electron chi connectivity index (χ4n) is 1.97. The second-order valence-corrected chi connectivity index (χ2v) is 5.50. The minimum atomic E-state index is 0.385. The van der Waals surface area contributed by atoms with Crippen molar-refractivity contribution in [2.24, 2.45) is 7.05 Å². The highest BCUT2D eigenvalue weighted by molar-refractivity contribution is 7.99. The van der Waals surface area contributed by atoms with Gasteiger partial charge in [-0.1, -0.05) is 18.2 Å². The van der Waals surface area contributed by atoms with Gasteiger partial charge in [-0.2, -0.15) is 5.10 Å². The Morgan fingerprint density at radius 2 is 2.31 bits per heavy atom. The van der Waals surface area contributed by atoms with E-state index in [1.165, 1.54) is 10.5 Å². The molecule has 1 atom stereocenters. The summed E-state index contributed by atoms with van der Waals surface area (Å²) >= 11 is 7.00. The average Bonchev–Trinajstić information content (AvgIpc) is 2.84. The molecule has 0 radical (unpaired) electrons. The molecule has 0 amide bonds. The smallest absolute Gasteiger partial charge is 0.194 e. The Hall–Kier alpha value is -1.07. The van der Waals surface area contributed by atoms with Crippen molar-refractivity contribution in [3.05, 3.63) is 40.4 Å². The standard InChI is InChI=1S/C11H11N3S2/c1-14-10(12-13-11(14)15)9-6-7-4-2-3-5-8(7)16-9/h2-5,9H,6H2,1H3,(H,13,15). The van der Waals surface area contributed by atoms with Gasteiger partial charge < -0.3 is 4.57 Å². The summed E-state index contributed by atoms with van der Waals surface area (Å²) in [5.41, 5.74) is 1.41. The maximum absolute atomic E-state index is 5.13. The number of aromatic amines is 1. The van der Waals surface area contributed by atoms with Crippen LogP contribution in [0.5, 0.6) is 0 Å². The number of hydrogen-bond acceptors (Lipinski definition) is 3. The van der Waals surface area contributed by atoms with Gasteiger partial charge in [0.25, 0.3) is 0 Å². The molecule has 3 nitrogen and oxygen atoms in total. The van der Waals surface area contributed by atoms with Crippen LogP contribution < -0.4 is 0 Å². The molecule has 1 aliphatic heterocycles. The van der Waals surface area contributed by atoms with Crippen LogP contribution in [0.15, 0.2) is 29.2 Å². The number of H-pyrrole nitrogens is 1. The molecule has 5 heteroatoms. The highest BCUT2D eigenvalue weighted by Gasteiger charge is 2.26. The molecule has 3 rings (SSSR count). The van der Waals surface area contributed by atoms with Gasteiger partial charge in [-0.05, 0) is 30.3 Å². The van der Waals surface area contributed by atoms with Crippen LogP contribution >= 0.6 is 24.0 Å². The molecule has 0 saturated heterocycles. The number of fused-ring (bicyclic) bond motifs is 1. The van der Waals surface area contributed by atoms with Crippen LogP contribution in [0, 0.1) is 4.77 Å². The summed E-state index contributed by atoms with van der Waals surface area (Å²) in [7, 11) is 1.96. The van der Waals surface area contributed by atoms with Crippen molar-refractivity contribution in [3.63, 3.8) is 0 Å². The third kappa shape index (κ3) is 1.51. The van der Waals surface area contributed by atoms with Crippen LogP contribution in [0.1, 0.15) is 16.6 Å². The van der Waals surface area contributed by atoms with E-state index >= 15 is 0 Å².